The lowest BCUT2D eigenvalue weighted by Gasteiger charge is -2.40. The third-order valence-corrected chi connectivity index (χ3v) is 5.30. The molecule has 3 rings (SSSR count). The molecule has 1 aliphatic heterocycles. The van der Waals surface area contributed by atoms with Crippen LogP contribution in [0.25, 0.3) is 0 Å². The molecule has 2 nitrogen and oxygen atoms in total. The van der Waals surface area contributed by atoms with E-state index >= 15 is 0 Å². The summed E-state index contributed by atoms with van der Waals surface area (Å²) in [5.41, 5.74) is 10.3. The number of para-hydroxylation sites is 1. The summed E-state index contributed by atoms with van der Waals surface area (Å²) in [5.74, 6) is 0.680. The zero-order valence-electron chi connectivity index (χ0n) is 12.2. The largest absolute Gasteiger partial charge is 0.362 e. The molecule has 106 valence electrons. The van der Waals surface area contributed by atoms with Crippen LogP contribution < -0.4 is 10.6 Å². The van der Waals surface area contributed by atoms with Crippen LogP contribution in [0, 0.1) is 12.8 Å². The summed E-state index contributed by atoms with van der Waals surface area (Å²) in [5, 5.41) is 2.17. The molecule has 2 atom stereocenters. The number of hydrogen-bond acceptors (Lipinski definition) is 3. The minimum atomic E-state index is 0.305. The SMILES string of the molecule is Cc1ccsc1C(CN)N1CC(C)Cc2ccccc21. The van der Waals surface area contributed by atoms with Gasteiger partial charge >= 0.3 is 0 Å². The van der Waals surface area contributed by atoms with Gasteiger partial charge in [-0.3, -0.25) is 0 Å². The summed E-state index contributed by atoms with van der Waals surface area (Å²) in [7, 11) is 0. The fourth-order valence-electron chi connectivity index (χ4n) is 3.23. The molecule has 2 N–H and O–H groups in total. The maximum atomic E-state index is 6.13. The fraction of sp³-hybridized carbons (Fsp3) is 0.412. The first-order valence-electron chi connectivity index (χ1n) is 7.29. The van der Waals surface area contributed by atoms with Gasteiger partial charge in [-0.1, -0.05) is 25.1 Å². The Morgan fingerprint density at radius 2 is 2.15 bits per heavy atom. The number of benzene rings is 1. The predicted octanol–water partition coefficient (Wildman–Crippen LogP) is 3.76. The number of fused-ring (bicyclic) bond motifs is 1. The molecule has 2 heterocycles. The summed E-state index contributed by atoms with van der Waals surface area (Å²) in [6.45, 7) is 6.28. The lowest BCUT2D eigenvalue weighted by molar-refractivity contribution is 0.492. The Bertz CT molecular complexity index is 590. The first-order chi connectivity index (χ1) is 9.70. The van der Waals surface area contributed by atoms with Crippen LogP contribution >= 0.6 is 11.3 Å². The van der Waals surface area contributed by atoms with Crippen molar-refractivity contribution >= 4 is 17.0 Å². The van der Waals surface area contributed by atoms with Crippen molar-refractivity contribution in [3.8, 4) is 0 Å². The lowest BCUT2D eigenvalue weighted by Crippen LogP contribution is -2.40. The van der Waals surface area contributed by atoms with E-state index in [2.05, 4.69) is 54.5 Å². The molecule has 0 bridgehead atoms. The van der Waals surface area contributed by atoms with Gasteiger partial charge < -0.3 is 10.6 Å². The van der Waals surface area contributed by atoms with Crippen LogP contribution in [0.4, 0.5) is 5.69 Å². The number of aryl methyl sites for hydroxylation is 1. The van der Waals surface area contributed by atoms with Crippen molar-refractivity contribution in [1.82, 2.24) is 0 Å². The van der Waals surface area contributed by atoms with Crippen molar-refractivity contribution in [2.75, 3.05) is 18.0 Å². The van der Waals surface area contributed by atoms with E-state index in [9.17, 15) is 0 Å². The second-order valence-corrected chi connectivity index (χ2v) is 6.76. The van der Waals surface area contributed by atoms with Crippen LogP contribution in [-0.2, 0) is 6.42 Å². The van der Waals surface area contributed by atoms with Crippen molar-refractivity contribution in [2.45, 2.75) is 26.3 Å². The Balaban J connectivity index is 2.02. The van der Waals surface area contributed by atoms with Gasteiger partial charge in [0, 0.05) is 23.7 Å². The zero-order valence-corrected chi connectivity index (χ0v) is 13.0. The standard InChI is InChI=1S/C17H22N2S/c1-12-9-14-5-3-4-6-15(14)19(11-12)16(10-18)17-13(2)7-8-20-17/h3-8,12,16H,9-11,18H2,1-2H3. The average molecular weight is 286 g/mol. The molecule has 0 saturated heterocycles. The van der Waals surface area contributed by atoms with Gasteiger partial charge in [-0.05, 0) is 47.9 Å². The molecule has 1 aromatic carbocycles. The van der Waals surface area contributed by atoms with Crippen LogP contribution in [0.5, 0.6) is 0 Å². The van der Waals surface area contributed by atoms with Crippen molar-refractivity contribution in [1.29, 1.82) is 0 Å². The quantitative estimate of drug-likeness (QED) is 0.931. The van der Waals surface area contributed by atoms with Gasteiger partial charge in [-0.2, -0.15) is 0 Å². The normalized spacial score (nSPS) is 19.8. The summed E-state index contributed by atoms with van der Waals surface area (Å²) >= 11 is 1.83. The first kappa shape index (κ1) is 13.7. The topological polar surface area (TPSA) is 29.3 Å². The van der Waals surface area contributed by atoms with E-state index in [0.29, 0.717) is 18.5 Å². The highest BCUT2D eigenvalue weighted by Gasteiger charge is 2.28. The molecule has 20 heavy (non-hydrogen) atoms. The van der Waals surface area contributed by atoms with Crippen molar-refractivity contribution in [3.63, 3.8) is 0 Å². The smallest absolute Gasteiger partial charge is 0.0759 e. The van der Waals surface area contributed by atoms with E-state index in [4.69, 9.17) is 5.73 Å². The highest BCUT2D eigenvalue weighted by atomic mass is 32.1. The van der Waals surface area contributed by atoms with Gasteiger partial charge in [-0.25, -0.2) is 0 Å². The van der Waals surface area contributed by atoms with Gasteiger partial charge in [0.15, 0.2) is 0 Å². The molecule has 3 heteroatoms. The zero-order chi connectivity index (χ0) is 14.1. The van der Waals surface area contributed by atoms with E-state index < -0.39 is 0 Å². The third-order valence-electron chi connectivity index (χ3n) is 4.18. The molecular formula is C17H22N2S. The molecule has 1 aromatic heterocycles. The molecular weight excluding hydrogens is 264 g/mol. The molecule has 1 aliphatic rings. The Labute approximate surface area is 125 Å². The number of thiophene rings is 1. The number of nitrogens with zero attached hydrogens (tertiary/aromatic N) is 1. The van der Waals surface area contributed by atoms with Crippen LogP contribution in [0.2, 0.25) is 0 Å². The van der Waals surface area contributed by atoms with Crippen LogP contribution in [-0.4, -0.2) is 13.1 Å². The van der Waals surface area contributed by atoms with E-state index in [1.165, 1.54) is 28.1 Å². The molecule has 0 aliphatic carbocycles. The van der Waals surface area contributed by atoms with Gasteiger partial charge in [0.25, 0.3) is 0 Å². The highest BCUT2D eigenvalue weighted by Crippen LogP contribution is 2.37. The summed E-state index contributed by atoms with van der Waals surface area (Å²) < 4.78 is 0. The minimum absolute atomic E-state index is 0.305. The molecule has 0 radical (unpaired) electrons. The summed E-state index contributed by atoms with van der Waals surface area (Å²) in [6.07, 6.45) is 1.17. The molecule has 0 spiro atoms. The first-order valence-corrected chi connectivity index (χ1v) is 8.17. The second kappa shape index (κ2) is 5.58. The molecule has 2 unspecified atom stereocenters. The lowest BCUT2D eigenvalue weighted by atomic mass is 9.92. The molecule has 0 amide bonds. The maximum absolute atomic E-state index is 6.13. The molecule has 0 fully saturated rings. The fourth-order valence-corrected chi connectivity index (χ4v) is 4.29. The third kappa shape index (κ3) is 2.36. The number of rotatable bonds is 3. The highest BCUT2D eigenvalue weighted by molar-refractivity contribution is 7.10. The Morgan fingerprint density at radius 1 is 1.35 bits per heavy atom. The number of hydrogen-bond donors (Lipinski definition) is 1. The maximum Gasteiger partial charge on any atom is 0.0759 e. The van der Waals surface area contributed by atoms with Gasteiger partial charge in [-0.15, -0.1) is 11.3 Å². The summed E-state index contributed by atoms with van der Waals surface area (Å²) in [4.78, 5) is 3.93. The van der Waals surface area contributed by atoms with Crippen LogP contribution in [0.15, 0.2) is 35.7 Å². The van der Waals surface area contributed by atoms with Crippen molar-refractivity contribution < 1.29 is 0 Å². The monoisotopic (exact) mass is 286 g/mol. The van der Waals surface area contributed by atoms with Gasteiger partial charge in [0.05, 0.1) is 6.04 Å². The van der Waals surface area contributed by atoms with E-state index in [0.717, 1.165) is 6.54 Å². The Kier molecular flexibility index (Phi) is 3.81. The second-order valence-electron chi connectivity index (χ2n) is 5.81. The predicted molar refractivity (Wildman–Crippen MR) is 87.5 cm³/mol. The van der Waals surface area contributed by atoms with E-state index in [-0.39, 0.29) is 0 Å². The minimum Gasteiger partial charge on any atom is -0.362 e. The van der Waals surface area contributed by atoms with E-state index in [1.807, 2.05) is 11.3 Å². The van der Waals surface area contributed by atoms with E-state index in [1.54, 1.807) is 0 Å². The van der Waals surface area contributed by atoms with Crippen molar-refractivity contribution in [3.05, 3.63) is 51.7 Å². The van der Waals surface area contributed by atoms with Crippen molar-refractivity contribution in [2.24, 2.45) is 11.7 Å². The van der Waals surface area contributed by atoms with Gasteiger partial charge in [0.1, 0.15) is 0 Å². The summed E-state index contributed by atoms with van der Waals surface area (Å²) in [6, 6.07) is 11.3. The average Bonchev–Trinajstić information content (AvgIpc) is 2.86. The van der Waals surface area contributed by atoms with Crippen LogP contribution in [0.1, 0.15) is 29.0 Å². The van der Waals surface area contributed by atoms with Gasteiger partial charge in [0.2, 0.25) is 0 Å². The molecule has 0 saturated carbocycles. The Morgan fingerprint density at radius 3 is 2.85 bits per heavy atom. The number of nitrogens with two attached hydrogens (primary N) is 1. The number of anilines is 1. The Hall–Kier alpha value is -1.32. The van der Waals surface area contributed by atoms with Crippen LogP contribution in [0.3, 0.4) is 0 Å². The molecule has 2 aromatic rings.